The van der Waals surface area contributed by atoms with Crippen LogP contribution < -0.4 is 0 Å². The summed E-state index contributed by atoms with van der Waals surface area (Å²) in [7, 11) is 0. The summed E-state index contributed by atoms with van der Waals surface area (Å²) in [5.74, 6) is -0.871. The first-order valence-corrected chi connectivity index (χ1v) is 5.43. The fraction of sp³-hybridized carbons (Fsp3) is 0.400. The van der Waals surface area contributed by atoms with E-state index in [2.05, 4.69) is 12.6 Å². The molecule has 1 aromatic carbocycles. The first kappa shape index (κ1) is 13.9. The molecule has 1 aromatic rings. The topological polar surface area (TPSA) is 83.6 Å². The Morgan fingerprint density at radius 1 is 1.53 bits per heavy atom. The zero-order valence-electron chi connectivity index (χ0n) is 9.00. The average molecular weight is 261 g/mol. The van der Waals surface area contributed by atoms with Crippen LogP contribution >= 0.6 is 12.6 Å². The smallest absolute Gasteiger partial charge is 0.272 e. The highest BCUT2D eigenvalue weighted by Crippen LogP contribution is 2.28. The SMILES string of the molecule is Cc1cc(F)c(C(O)C(O)CS)cc1[N+](=O)[O-]. The van der Waals surface area contributed by atoms with Crippen molar-refractivity contribution in [3.05, 3.63) is 39.2 Å². The first-order valence-electron chi connectivity index (χ1n) is 4.80. The molecule has 94 valence electrons. The molecule has 0 saturated heterocycles. The lowest BCUT2D eigenvalue weighted by Crippen LogP contribution is -2.21. The lowest BCUT2D eigenvalue weighted by atomic mass is 10.0. The van der Waals surface area contributed by atoms with Crippen LogP contribution in [0, 0.1) is 22.9 Å². The number of rotatable bonds is 4. The fourth-order valence-corrected chi connectivity index (χ4v) is 1.61. The third-order valence-electron chi connectivity index (χ3n) is 2.38. The van der Waals surface area contributed by atoms with Crippen LogP contribution in [0.5, 0.6) is 0 Å². The van der Waals surface area contributed by atoms with Crippen LogP contribution in [0.1, 0.15) is 17.2 Å². The summed E-state index contributed by atoms with van der Waals surface area (Å²) in [4.78, 5) is 10.0. The van der Waals surface area contributed by atoms with Gasteiger partial charge in [-0.2, -0.15) is 12.6 Å². The number of hydrogen-bond donors (Lipinski definition) is 3. The number of benzene rings is 1. The summed E-state index contributed by atoms with van der Waals surface area (Å²) in [6.45, 7) is 1.40. The molecule has 5 nitrogen and oxygen atoms in total. The maximum Gasteiger partial charge on any atom is 0.272 e. The third-order valence-corrected chi connectivity index (χ3v) is 2.76. The van der Waals surface area contributed by atoms with Gasteiger partial charge in [0.1, 0.15) is 11.9 Å². The molecular formula is C10H12FNO4S. The van der Waals surface area contributed by atoms with Gasteiger partial charge in [-0.05, 0) is 13.0 Å². The molecule has 2 N–H and O–H groups in total. The van der Waals surface area contributed by atoms with Crippen molar-refractivity contribution >= 4 is 18.3 Å². The molecule has 7 heteroatoms. The highest BCUT2D eigenvalue weighted by atomic mass is 32.1. The number of hydrogen-bond acceptors (Lipinski definition) is 5. The number of halogens is 1. The minimum Gasteiger partial charge on any atom is -0.389 e. The van der Waals surface area contributed by atoms with E-state index in [1.54, 1.807) is 0 Å². The van der Waals surface area contributed by atoms with Gasteiger partial charge in [0.25, 0.3) is 5.69 Å². The van der Waals surface area contributed by atoms with Crippen molar-refractivity contribution in [1.29, 1.82) is 0 Å². The second kappa shape index (κ2) is 5.44. The summed E-state index contributed by atoms with van der Waals surface area (Å²) in [6, 6.07) is 1.89. The van der Waals surface area contributed by atoms with Crippen LogP contribution in [-0.2, 0) is 0 Å². The van der Waals surface area contributed by atoms with E-state index >= 15 is 0 Å². The van der Waals surface area contributed by atoms with Crippen molar-refractivity contribution in [2.75, 3.05) is 5.75 Å². The van der Waals surface area contributed by atoms with Crippen molar-refractivity contribution in [1.82, 2.24) is 0 Å². The third kappa shape index (κ3) is 2.93. The quantitative estimate of drug-likeness (QED) is 0.434. The van der Waals surface area contributed by atoms with Gasteiger partial charge in [0.15, 0.2) is 0 Å². The normalized spacial score (nSPS) is 14.4. The Morgan fingerprint density at radius 3 is 2.59 bits per heavy atom. The van der Waals surface area contributed by atoms with Gasteiger partial charge in [-0.15, -0.1) is 0 Å². The molecule has 0 fully saturated rings. The minimum atomic E-state index is -1.54. The van der Waals surface area contributed by atoms with Crippen molar-refractivity contribution in [2.24, 2.45) is 0 Å². The fourth-order valence-electron chi connectivity index (χ4n) is 1.41. The van der Waals surface area contributed by atoms with E-state index in [1.165, 1.54) is 6.92 Å². The van der Waals surface area contributed by atoms with E-state index in [1.807, 2.05) is 0 Å². The van der Waals surface area contributed by atoms with Crippen LogP contribution in [0.3, 0.4) is 0 Å². The van der Waals surface area contributed by atoms with Crippen molar-refractivity contribution in [3.8, 4) is 0 Å². The van der Waals surface area contributed by atoms with Gasteiger partial charge < -0.3 is 10.2 Å². The first-order chi connectivity index (χ1) is 7.88. The summed E-state index contributed by atoms with van der Waals surface area (Å²) in [5.41, 5.74) is -0.445. The highest BCUT2D eigenvalue weighted by molar-refractivity contribution is 7.80. The monoisotopic (exact) mass is 261 g/mol. The second-order valence-electron chi connectivity index (χ2n) is 3.61. The summed E-state index contributed by atoms with van der Waals surface area (Å²) in [6.07, 6.45) is -2.82. The molecule has 0 aromatic heterocycles. The number of nitrogens with zero attached hydrogens (tertiary/aromatic N) is 1. The van der Waals surface area contributed by atoms with E-state index in [9.17, 15) is 24.7 Å². The Labute approximate surface area is 102 Å². The predicted molar refractivity (Wildman–Crippen MR) is 62.6 cm³/mol. The van der Waals surface area contributed by atoms with Gasteiger partial charge in [0, 0.05) is 22.9 Å². The Balaban J connectivity index is 3.24. The number of aliphatic hydroxyl groups is 2. The van der Waals surface area contributed by atoms with Gasteiger partial charge >= 0.3 is 0 Å². The van der Waals surface area contributed by atoms with E-state index < -0.39 is 22.9 Å². The number of nitro groups is 1. The molecule has 17 heavy (non-hydrogen) atoms. The molecule has 0 aliphatic rings. The summed E-state index contributed by atoms with van der Waals surface area (Å²) in [5, 5.41) is 29.6. The van der Waals surface area contributed by atoms with Crippen LogP contribution in [0.4, 0.5) is 10.1 Å². The van der Waals surface area contributed by atoms with Gasteiger partial charge in [-0.1, -0.05) is 0 Å². The molecule has 0 saturated carbocycles. The van der Waals surface area contributed by atoms with Crippen molar-refractivity contribution in [3.63, 3.8) is 0 Å². The van der Waals surface area contributed by atoms with Gasteiger partial charge in [-0.25, -0.2) is 4.39 Å². The largest absolute Gasteiger partial charge is 0.389 e. The molecule has 0 amide bonds. The Hall–Kier alpha value is -1.18. The zero-order valence-corrected chi connectivity index (χ0v) is 9.89. The molecule has 0 aliphatic heterocycles. The predicted octanol–water partition coefficient (Wildman–Crippen LogP) is 1.37. The minimum absolute atomic E-state index is 0.0811. The molecular weight excluding hydrogens is 249 g/mol. The molecule has 2 unspecified atom stereocenters. The number of nitro benzene ring substituents is 1. The molecule has 0 aliphatic carbocycles. The van der Waals surface area contributed by atoms with E-state index in [4.69, 9.17) is 0 Å². The van der Waals surface area contributed by atoms with Crippen LogP contribution in [0.25, 0.3) is 0 Å². The maximum atomic E-state index is 13.5. The molecule has 0 spiro atoms. The van der Waals surface area contributed by atoms with E-state index in [0.717, 1.165) is 12.1 Å². The number of aliphatic hydroxyl groups excluding tert-OH is 2. The van der Waals surface area contributed by atoms with Crippen LogP contribution in [0.15, 0.2) is 12.1 Å². The van der Waals surface area contributed by atoms with Crippen LogP contribution in [0.2, 0.25) is 0 Å². The Bertz CT molecular complexity index is 441. The Kier molecular flexibility index (Phi) is 4.44. The van der Waals surface area contributed by atoms with Gasteiger partial charge in [-0.3, -0.25) is 10.1 Å². The van der Waals surface area contributed by atoms with Gasteiger partial charge in [0.2, 0.25) is 0 Å². The van der Waals surface area contributed by atoms with E-state index in [0.29, 0.717) is 0 Å². The molecule has 1 rings (SSSR count). The second-order valence-corrected chi connectivity index (χ2v) is 3.98. The molecule has 0 bridgehead atoms. The van der Waals surface area contributed by atoms with E-state index in [-0.39, 0.29) is 22.6 Å². The summed E-state index contributed by atoms with van der Waals surface area (Å²) < 4.78 is 13.5. The maximum absolute atomic E-state index is 13.5. The molecule has 0 heterocycles. The van der Waals surface area contributed by atoms with Crippen molar-refractivity contribution < 1.29 is 19.5 Å². The zero-order chi connectivity index (χ0) is 13.2. The van der Waals surface area contributed by atoms with Crippen molar-refractivity contribution in [2.45, 2.75) is 19.1 Å². The highest BCUT2D eigenvalue weighted by Gasteiger charge is 2.24. The van der Waals surface area contributed by atoms with Crippen LogP contribution in [-0.4, -0.2) is 27.0 Å². The molecule has 2 atom stereocenters. The lowest BCUT2D eigenvalue weighted by molar-refractivity contribution is -0.385. The lowest BCUT2D eigenvalue weighted by Gasteiger charge is -2.17. The van der Waals surface area contributed by atoms with Gasteiger partial charge in [0.05, 0.1) is 11.0 Å². The Morgan fingerprint density at radius 2 is 2.12 bits per heavy atom. The number of thiol groups is 1. The number of aryl methyl sites for hydroxylation is 1. The molecule has 0 radical (unpaired) electrons. The standard InChI is InChI=1S/C10H12FNO4S/c1-5-2-7(11)6(3-8(5)12(15)16)10(14)9(13)4-17/h2-3,9-10,13-14,17H,4H2,1H3. The average Bonchev–Trinajstić information content (AvgIpc) is 2.26. The summed E-state index contributed by atoms with van der Waals surface area (Å²) >= 11 is 3.76.